The summed E-state index contributed by atoms with van der Waals surface area (Å²) in [5, 5.41) is 10.5. The van der Waals surface area contributed by atoms with Gasteiger partial charge in [-0.2, -0.15) is 4.39 Å². The van der Waals surface area contributed by atoms with Gasteiger partial charge in [0.05, 0.1) is 16.4 Å². The van der Waals surface area contributed by atoms with Gasteiger partial charge < -0.3 is 0 Å². The third kappa shape index (κ3) is 4.57. The second kappa shape index (κ2) is 6.80. The third-order valence-corrected chi connectivity index (χ3v) is 3.92. The molecule has 0 fully saturated rings. The molecule has 0 atom stereocenters. The molecule has 0 aliphatic heterocycles. The zero-order valence-electron chi connectivity index (χ0n) is 10.1. The van der Waals surface area contributed by atoms with Crippen molar-refractivity contribution >= 4 is 33.0 Å². The Balaban J connectivity index is 2.97. The lowest BCUT2D eigenvalue weighted by molar-refractivity contribution is -0.387. The fourth-order valence-corrected chi connectivity index (χ4v) is 2.73. The molecule has 1 aromatic carbocycles. The molecule has 0 aliphatic carbocycles. The fourth-order valence-electron chi connectivity index (χ4n) is 1.36. The molecule has 0 unspecified atom stereocenters. The monoisotopic (exact) mass is 328 g/mol. The normalized spacial score (nSPS) is 11.3. The number of hydrogen-bond donors (Lipinski definition) is 1. The highest BCUT2D eigenvalue weighted by Gasteiger charge is 2.21. The van der Waals surface area contributed by atoms with Gasteiger partial charge in [-0.25, -0.2) is 12.8 Å². The van der Waals surface area contributed by atoms with Crippen LogP contribution in [0, 0.1) is 21.7 Å². The van der Waals surface area contributed by atoms with E-state index < -0.39 is 38.0 Å². The zero-order chi connectivity index (χ0) is 15.3. The largest absolute Gasteiger partial charge is 0.307 e. The number of sulfonamides is 1. The van der Waals surface area contributed by atoms with Crippen LogP contribution in [0.15, 0.2) is 12.1 Å². The lowest BCUT2D eigenvalue weighted by Gasteiger charge is -2.08. The van der Waals surface area contributed by atoms with Crippen molar-refractivity contribution in [2.75, 3.05) is 16.4 Å². The van der Waals surface area contributed by atoms with Crippen LogP contribution < -0.4 is 4.72 Å². The van der Waals surface area contributed by atoms with Gasteiger partial charge in [0, 0.05) is 18.0 Å². The molecule has 10 heteroatoms. The second-order valence-corrected chi connectivity index (χ2v) is 6.08. The molecule has 6 nitrogen and oxygen atoms in total. The van der Waals surface area contributed by atoms with Gasteiger partial charge >= 0.3 is 5.69 Å². The maximum absolute atomic E-state index is 13.4. The first-order chi connectivity index (χ1) is 9.26. The van der Waals surface area contributed by atoms with Crippen LogP contribution in [-0.2, 0) is 10.0 Å². The van der Waals surface area contributed by atoms with Crippen molar-refractivity contribution in [1.29, 1.82) is 0 Å². The van der Waals surface area contributed by atoms with E-state index in [-0.39, 0.29) is 24.1 Å². The van der Waals surface area contributed by atoms with E-state index in [1.54, 1.807) is 0 Å². The number of nitro benzene ring substituents is 1. The van der Waals surface area contributed by atoms with Gasteiger partial charge in [-0.15, -0.1) is 11.6 Å². The van der Waals surface area contributed by atoms with Crippen LogP contribution in [0.2, 0.25) is 0 Å². The molecule has 0 bridgehead atoms. The molecule has 0 heterocycles. The van der Waals surface area contributed by atoms with Crippen LogP contribution in [0.25, 0.3) is 0 Å². The van der Waals surface area contributed by atoms with E-state index >= 15 is 0 Å². The van der Waals surface area contributed by atoms with Crippen LogP contribution >= 0.6 is 11.6 Å². The fraction of sp³-hybridized carbons (Fsp3) is 0.400. The minimum atomic E-state index is -3.88. The number of benzene rings is 1. The molecule has 0 radical (unpaired) electrons. The summed E-state index contributed by atoms with van der Waals surface area (Å²) >= 11 is 5.40. The quantitative estimate of drug-likeness (QED) is 0.360. The van der Waals surface area contributed by atoms with E-state index in [9.17, 15) is 27.3 Å². The summed E-state index contributed by atoms with van der Waals surface area (Å²) in [7, 11) is -3.88. The molecule has 0 spiro atoms. The maximum atomic E-state index is 13.4. The Morgan fingerprint density at radius 3 is 2.45 bits per heavy atom. The number of halogens is 3. The molecular formula is C10H11ClF2N2O4S. The Morgan fingerprint density at radius 2 is 1.90 bits per heavy atom. The Bertz CT molecular complexity index is 610. The number of anilines is 1. The lowest BCUT2D eigenvalue weighted by Crippen LogP contribution is -2.18. The number of nitro groups is 1. The van der Waals surface area contributed by atoms with Gasteiger partial charge in [-0.1, -0.05) is 0 Å². The van der Waals surface area contributed by atoms with Crippen molar-refractivity contribution in [3.05, 3.63) is 33.9 Å². The van der Waals surface area contributed by atoms with E-state index in [1.165, 1.54) is 0 Å². The molecule has 1 aromatic rings. The van der Waals surface area contributed by atoms with Crippen molar-refractivity contribution < 1.29 is 22.1 Å². The second-order valence-electron chi connectivity index (χ2n) is 3.86. The van der Waals surface area contributed by atoms with Gasteiger partial charge in [-0.3, -0.25) is 14.8 Å². The number of rotatable bonds is 7. The average Bonchev–Trinajstić information content (AvgIpc) is 2.32. The van der Waals surface area contributed by atoms with E-state index in [4.69, 9.17) is 11.6 Å². The Morgan fingerprint density at radius 1 is 1.25 bits per heavy atom. The van der Waals surface area contributed by atoms with E-state index in [0.29, 0.717) is 12.5 Å². The van der Waals surface area contributed by atoms with Gasteiger partial charge in [0.2, 0.25) is 15.8 Å². The average molecular weight is 329 g/mol. The first kappa shape index (κ1) is 16.6. The van der Waals surface area contributed by atoms with Crippen LogP contribution in [0.5, 0.6) is 0 Å². The topological polar surface area (TPSA) is 89.3 Å². The number of unbranched alkanes of at least 4 members (excludes halogenated alkanes) is 1. The standard InChI is InChI=1S/C10H11ClF2N2O4S/c11-3-1-2-4-20(18,19)14-9-6-10(15(16)17)8(13)5-7(9)12/h5-6,14H,1-4H2. The lowest BCUT2D eigenvalue weighted by atomic mass is 10.2. The number of hydrogen-bond acceptors (Lipinski definition) is 4. The highest BCUT2D eigenvalue weighted by molar-refractivity contribution is 7.92. The SMILES string of the molecule is O=[N+]([O-])c1cc(NS(=O)(=O)CCCCCl)c(F)cc1F. The van der Waals surface area contributed by atoms with E-state index in [2.05, 4.69) is 0 Å². The number of alkyl halides is 1. The Labute approximate surface area is 118 Å². The van der Waals surface area contributed by atoms with Crippen molar-refractivity contribution in [2.45, 2.75) is 12.8 Å². The van der Waals surface area contributed by atoms with Crippen LogP contribution in [0.1, 0.15) is 12.8 Å². The van der Waals surface area contributed by atoms with Crippen molar-refractivity contribution in [3.63, 3.8) is 0 Å². The summed E-state index contributed by atoms with van der Waals surface area (Å²) < 4.78 is 51.6. The minimum Gasteiger partial charge on any atom is -0.280 e. The molecule has 0 amide bonds. The van der Waals surface area contributed by atoms with Crippen molar-refractivity contribution in [1.82, 2.24) is 0 Å². The molecule has 20 heavy (non-hydrogen) atoms. The summed E-state index contributed by atoms with van der Waals surface area (Å²) in [6.45, 7) is 0. The molecule has 0 aromatic heterocycles. The Hall–Kier alpha value is -1.48. The molecule has 1 N–H and O–H groups in total. The Kier molecular flexibility index (Phi) is 5.63. The molecule has 1 rings (SSSR count). The smallest absolute Gasteiger partial charge is 0.280 e. The summed E-state index contributed by atoms with van der Waals surface area (Å²) in [6.07, 6.45) is 0.707. The first-order valence-electron chi connectivity index (χ1n) is 5.46. The minimum absolute atomic E-state index is 0.254. The third-order valence-electron chi connectivity index (χ3n) is 2.30. The van der Waals surface area contributed by atoms with Gasteiger partial charge in [0.1, 0.15) is 0 Å². The molecule has 0 aliphatic rings. The highest BCUT2D eigenvalue weighted by Crippen LogP contribution is 2.25. The first-order valence-corrected chi connectivity index (χ1v) is 7.65. The number of nitrogens with one attached hydrogen (secondary N) is 1. The maximum Gasteiger partial charge on any atom is 0.307 e. The van der Waals surface area contributed by atoms with Gasteiger partial charge in [0.15, 0.2) is 5.82 Å². The molecule has 0 saturated heterocycles. The molecular weight excluding hydrogens is 318 g/mol. The van der Waals surface area contributed by atoms with Crippen LogP contribution in [0.4, 0.5) is 20.2 Å². The summed E-state index contributed by atoms with van der Waals surface area (Å²) in [6, 6.07) is 0.762. The van der Waals surface area contributed by atoms with Crippen LogP contribution in [-0.4, -0.2) is 25.0 Å². The molecule has 112 valence electrons. The van der Waals surface area contributed by atoms with Crippen LogP contribution in [0.3, 0.4) is 0 Å². The predicted octanol–water partition coefficient (Wildman–Crippen LogP) is 2.63. The van der Waals surface area contributed by atoms with E-state index in [1.807, 2.05) is 4.72 Å². The van der Waals surface area contributed by atoms with Crippen molar-refractivity contribution in [2.24, 2.45) is 0 Å². The summed E-state index contributed by atoms with van der Waals surface area (Å²) in [4.78, 5) is 9.44. The van der Waals surface area contributed by atoms with Gasteiger partial charge in [0.25, 0.3) is 0 Å². The van der Waals surface area contributed by atoms with E-state index in [0.717, 1.165) is 0 Å². The van der Waals surface area contributed by atoms with Crippen molar-refractivity contribution in [3.8, 4) is 0 Å². The predicted molar refractivity (Wildman–Crippen MR) is 70.4 cm³/mol. The molecule has 0 saturated carbocycles. The summed E-state index contributed by atoms with van der Waals surface area (Å²) in [5.74, 6) is -2.64. The zero-order valence-corrected chi connectivity index (χ0v) is 11.7. The summed E-state index contributed by atoms with van der Waals surface area (Å²) in [5.41, 5.74) is -1.67. The highest BCUT2D eigenvalue weighted by atomic mass is 35.5. The number of nitrogens with zero attached hydrogens (tertiary/aromatic N) is 1. The van der Waals surface area contributed by atoms with Gasteiger partial charge in [-0.05, 0) is 12.8 Å².